The maximum absolute atomic E-state index is 12.4. The molecule has 0 aliphatic carbocycles. The van der Waals surface area contributed by atoms with Crippen molar-refractivity contribution in [2.45, 2.75) is 16.9 Å². The molecule has 0 aliphatic heterocycles. The number of nitriles is 1. The number of alkyl halides is 5. The Kier molecular flexibility index (Phi) is 3.72. The first kappa shape index (κ1) is 13.1. The van der Waals surface area contributed by atoms with Crippen LogP contribution in [0.25, 0.3) is 0 Å². The van der Waals surface area contributed by atoms with Gasteiger partial charge in [0, 0.05) is 6.42 Å². The number of nitrogens with zero attached hydrogens (tertiary/aromatic N) is 1. The molecule has 0 aromatic heterocycles. The highest BCUT2D eigenvalue weighted by molar-refractivity contribution is 6.50. The van der Waals surface area contributed by atoms with Crippen LogP contribution in [0.2, 0.25) is 0 Å². The van der Waals surface area contributed by atoms with Gasteiger partial charge in [0.2, 0.25) is 4.33 Å². The molecule has 0 radical (unpaired) electrons. The molecular formula is C10H6Cl2F3N. The summed E-state index contributed by atoms with van der Waals surface area (Å²) in [6.45, 7) is 0. The van der Waals surface area contributed by atoms with E-state index in [2.05, 4.69) is 0 Å². The summed E-state index contributed by atoms with van der Waals surface area (Å²) in [6, 6.07) is 6.16. The first-order valence-corrected chi connectivity index (χ1v) is 4.95. The minimum Gasteiger partial charge on any atom is -0.195 e. The molecule has 1 rings (SSSR count). The first-order chi connectivity index (χ1) is 7.24. The van der Waals surface area contributed by atoms with Gasteiger partial charge in [-0.15, -0.1) is 0 Å². The van der Waals surface area contributed by atoms with Gasteiger partial charge in [0.05, 0.1) is 5.56 Å². The van der Waals surface area contributed by atoms with Crippen LogP contribution < -0.4 is 0 Å². The zero-order valence-electron chi connectivity index (χ0n) is 7.85. The fourth-order valence-corrected chi connectivity index (χ4v) is 1.46. The lowest BCUT2D eigenvalue weighted by Gasteiger charge is -2.12. The van der Waals surface area contributed by atoms with E-state index in [0.717, 1.165) is 12.1 Å². The third-order valence-electron chi connectivity index (χ3n) is 1.84. The Morgan fingerprint density at radius 1 is 1.25 bits per heavy atom. The van der Waals surface area contributed by atoms with Gasteiger partial charge >= 0.3 is 6.18 Å². The Balaban J connectivity index is 2.97. The molecule has 0 heterocycles. The summed E-state index contributed by atoms with van der Waals surface area (Å²) >= 11 is 11.1. The predicted molar refractivity (Wildman–Crippen MR) is 55.2 cm³/mol. The van der Waals surface area contributed by atoms with Crippen LogP contribution in [0.3, 0.4) is 0 Å². The van der Waals surface area contributed by atoms with Gasteiger partial charge in [0.25, 0.3) is 0 Å². The van der Waals surface area contributed by atoms with E-state index in [0.29, 0.717) is 0 Å². The van der Waals surface area contributed by atoms with Crippen molar-refractivity contribution in [2.24, 2.45) is 0 Å². The third kappa shape index (κ3) is 3.58. The Morgan fingerprint density at radius 3 is 2.38 bits per heavy atom. The van der Waals surface area contributed by atoms with Crippen molar-refractivity contribution >= 4 is 23.2 Å². The number of benzene rings is 1. The van der Waals surface area contributed by atoms with Crippen molar-refractivity contribution in [3.05, 3.63) is 35.4 Å². The van der Waals surface area contributed by atoms with Crippen molar-refractivity contribution in [1.29, 1.82) is 5.26 Å². The van der Waals surface area contributed by atoms with E-state index in [1.807, 2.05) is 0 Å². The van der Waals surface area contributed by atoms with Crippen LogP contribution in [-0.4, -0.2) is 4.33 Å². The second-order valence-electron chi connectivity index (χ2n) is 3.19. The Labute approximate surface area is 100 Å². The minimum atomic E-state index is -4.41. The topological polar surface area (TPSA) is 23.8 Å². The monoisotopic (exact) mass is 267 g/mol. The van der Waals surface area contributed by atoms with Crippen molar-refractivity contribution in [3.8, 4) is 6.07 Å². The molecule has 0 aliphatic rings. The highest BCUT2D eigenvalue weighted by Crippen LogP contribution is 2.31. The molecule has 0 unspecified atom stereocenters. The maximum Gasteiger partial charge on any atom is 0.416 e. The summed E-state index contributed by atoms with van der Waals surface area (Å²) in [5.41, 5.74) is -0.520. The zero-order chi connectivity index (χ0) is 12.4. The Morgan fingerprint density at radius 2 is 1.88 bits per heavy atom. The van der Waals surface area contributed by atoms with Gasteiger partial charge < -0.3 is 0 Å². The smallest absolute Gasteiger partial charge is 0.195 e. The van der Waals surface area contributed by atoms with E-state index < -0.39 is 16.1 Å². The van der Waals surface area contributed by atoms with Crippen molar-refractivity contribution in [3.63, 3.8) is 0 Å². The average molecular weight is 268 g/mol. The summed E-state index contributed by atoms with van der Waals surface area (Å²) in [5, 5.41) is 8.55. The molecular weight excluding hydrogens is 262 g/mol. The van der Waals surface area contributed by atoms with Gasteiger partial charge in [-0.25, -0.2) is 0 Å². The molecule has 86 valence electrons. The fourth-order valence-electron chi connectivity index (χ4n) is 1.15. The van der Waals surface area contributed by atoms with Gasteiger partial charge in [0.1, 0.15) is 6.07 Å². The number of halogens is 5. The van der Waals surface area contributed by atoms with Gasteiger partial charge in [-0.3, -0.25) is 0 Å². The largest absolute Gasteiger partial charge is 0.416 e. The molecule has 6 heteroatoms. The maximum atomic E-state index is 12.4. The van der Waals surface area contributed by atoms with E-state index in [1.54, 1.807) is 6.07 Å². The second kappa shape index (κ2) is 4.52. The van der Waals surface area contributed by atoms with Crippen molar-refractivity contribution in [1.82, 2.24) is 0 Å². The molecule has 0 saturated heterocycles. The van der Waals surface area contributed by atoms with Crippen LogP contribution in [0.1, 0.15) is 11.1 Å². The van der Waals surface area contributed by atoms with E-state index in [-0.39, 0.29) is 12.0 Å². The zero-order valence-corrected chi connectivity index (χ0v) is 9.37. The lowest BCUT2D eigenvalue weighted by atomic mass is 10.1. The molecule has 0 amide bonds. The molecule has 16 heavy (non-hydrogen) atoms. The van der Waals surface area contributed by atoms with Gasteiger partial charge in [-0.1, -0.05) is 41.4 Å². The lowest BCUT2D eigenvalue weighted by molar-refractivity contribution is -0.137. The van der Waals surface area contributed by atoms with Crippen LogP contribution in [0, 0.1) is 11.3 Å². The molecule has 1 nitrogen and oxygen atoms in total. The quantitative estimate of drug-likeness (QED) is 0.745. The number of hydrogen-bond acceptors (Lipinski definition) is 1. The van der Waals surface area contributed by atoms with Gasteiger partial charge in [-0.2, -0.15) is 18.4 Å². The van der Waals surface area contributed by atoms with Crippen molar-refractivity contribution < 1.29 is 13.2 Å². The third-order valence-corrected chi connectivity index (χ3v) is 2.28. The minimum absolute atomic E-state index is 0.156. The van der Waals surface area contributed by atoms with Crippen LogP contribution in [0.5, 0.6) is 0 Å². The molecule has 0 N–H and O–H groups in total. The van der Waals surface area contributed by atoms with Crippen LogP contribution in [0.4, 0.5) is 13.2 Å². The summed E-state index contributed by atoms with van der Waals surface area (Å²) in [7, 11) is 0. The standard InChI is InChI=1S/C10H6Cl2F3N/c11-9(12,6-16)5-7-2-1-3-8(4-7)10(13,14)15/h1-4H,5H2. The molecule has 1 aromatic carbocycles. The van der Waals surface area contributed by atoms with E-state index >= 15 is 0 Å². The highest BCUT2D eigenvalue weighted by atomic mass is 35.5. The first-order valence-electron chi connectivity index (χ1n) is 4.20. The fraction of sp³-hybridized carbons (Fsp3) is 0.300. The molecule has 0 atom stereocenters. The van der Waals surface area contributed by atoms with Crippen LogP contribution in [0.15, 0.2) is 24.3 Å². The molecule has 0 fully saturated rings. The van der Waals surface area contributed by atoms with E-state index in [9.17, 15) is 13.2 Å². The number of rotatable bonds is 2. The average Bonchev–Trinajstić information content (AvgIpc) is 2.16. The van der Waals surface area contributed by atoms with Crippen LogP contribution >= 0.6 is 23.2 Å². The second-order valence-corrected chi connectivity index (χ2v) is 4.68. The van der Waals surface area contributed by atoms with Gasteiger partial charge in [0.15, 0.2) is 0 Å². The summed E-state index contributed by atoms with van der Waals surface area (Å²) in [4.78, 5) is 0. The van der Waals surface area contributed by atoms with E-state index in [4.69, 9.17) is 28.5 Å². The molecule has 0 bridgehead atoms. The lowest BCUT2D eigenvalue weighted by Crippen LogP contribution is -2.14. The van der Waals surface area contributed by atoms with Gasteiger partial charge in [-0.05, 0) is 11.6 Å². The normalized spacial score (nSPS) is 12.2. The predicted octanol–water partition coefficient (Wildman–Crippen LogP) is 3.95. The SMILES string of the molecule is N#CC(Cl)(Cl)Cc1cccc(C(F)(F)F)c1. The Hall–Kier alpha value is -0.920. The molecule has 0 spiro atoms. The number of hydrogen-bond donors (Lipinski definition) is 0. The summed E-state index contributed by atoms with van der Waals surface area (Å²) in [6.07, 6.45) is -4.57. The Bertz CT molecular complexity index is 421. The highest BCUT2D eigenvalue weighted by Gasteiger charge is 2.31. The van der Waals surface area contributed by atoms with Crippen LogP contribution in [-0.2, 0) is 12.6 Å². The van der Waals surface area contributed by atoms with Crippen molar-refractivity contribution in [2.75, 3.05) is 0 Å². The molecule has 0 saturated carbocycles. The summed E-state index contributed by atoms with van der Waals surface area (Å²) in [5.74, 6) is 0. The van der Waals surface area contributed by atoms with E-state index in [1.165, 1.54) is 12.1 Å². The summed E-state index contributed by atoms with van der Waals surface area (Å²) < 4.78 is 35.4. The molecule has 1 aromatic rings.